The van der Waals surface area contributed by atoms with Crippen LogP contribution in [0, 0.1) is 5.41 Å². The van der Waals surface area contributed by atoms with Gasteiger partial charge in [-0.1, -0.05) is 30.2 Å². The summed E-state index contributed by atoms with van der Waals surface area (Å²) in [6.07, 6.45) is 2.57. The van der Waals surface area contributed by atoms with Gasteiger partial charge in [-0.25, -0.2) is 0 Å². The van der Waals surface area contributed by atoms with Crippen molar-refractivity contribution in [2.75, 3.05) is 0 Å². The van der Waals surface area contributed by atoms with E-state index in [2.05, 4.69) is 0 Å². The number of Topliss-reactive ketones (excluding diaryl/α,β-unsaturated/α-hetero) is 1. The second-order valence-electron chi connectivity index (χ2n) is 5.00. The number of ketones is 1. The van der Waals surface area contributed by atoms with Crippen molar-refractivity contribution in [3.05, 3.63) is 34.9 Å². The molecule has 0 bridgehead atoms. The predicted octanol–water partition coefficient (Wildman–Crippen LogP) is 3.52. The molecule has 2 rings (SSSR count). The van der Waals surface area contributed by atoms with Crippen molar-refractivity contribution >= 4 is 17.4 Å². The second kappa shape index (κ2) is 4.79. The molecule has 1 aliphatic rings. The average molecular weight is 253 g/mol. The molecule has 3 heteroatoms. The first-order valence-electron chi connectivity index (χ1n) is 6.01. The van der Waals surface area contributed by atoms with Crippen molar-refractivity contribution in [2.24, 2.45) is 5.41 Å². The highest BCUT2D eigenvalue weighted by atomic mass is 35.5. The van der Waals surface area contributed by atoms with Crippen LogP contribution in [0.3, 0.4) is 0 Å². The van der Waals surface area contributed by atoms with Gasteiger partial charge < -0.3 is 5.11 Å². The van der Waals surface area contributed by atoms with Gasteiger partial charge in [0.2, 0.25) is 0 Å². The van der Waals surface area contributed by atoms with Gasteiger partial charge in [0.25, 0.3) is 0 Å². The summed E-state index contributed by atoms with van der Waals surface area (Å²) in [5.41, 5.74) is 0.138. The highest BCUT2D eigenvalue weighted by Crippen LogP contribution is 2.43. The zero-order chi connectivity index (χ0) is 12.5. The topological polar surface area (TPSA) is 37.3 Å². The van der Waals surface area contributed by atoms with E-state index in [0.717, 1.165) is 24.8 Å². The first kappa shape index (κ1) is 12.6. The van der Waals surface area contributed by atoms with Crippen LogP contribution in [0.2, 0.25) is 5.02 Å². The predicted molar refractivity (Wildman–Crippen MR) is 68.0 cm³/mol. The summed E-state index contributed by atoms with van der Waals surface area (Å²) in [5.74, 6) is 0.172. The molecule has 17 heavy (non-hydrogen) atoms. The van der Waals surface area contributed by atoms with Crippen LogP contribution in [-0.4, -0.2) is 10.9 Å². The second-order valence-corrected chi connectivity index (χ2v) is 5.44. The Kier molecular flexibility index (Phi) is 3.55. The van der Waals surface area contributed by atoms with Gasteiger partial charge in [0.15, 0.2) is 0 Å². The van der Waals surface area contributed by atoms with E-state index in [9.17, 15) is 9.90 Å². The number of benzene rings is 1. The number of rotatable bonds is 2. The molecule has 0 aliphatic heterocycles. The molecular formula is C14H17ClO2. The number of hydrogen-bond acceptors (Lipinski definition) is 2. The van der Waals surface area contributed by atoms with Crippen LogP contribution in [0.5, 0.6) is 0 Å². The van der Waals surface area contributed by atoms with Gasteiger partial charge in [-0.05, 0) is 37.5 Å². The molecule has 0 amide bonds. The SMILES string of the molecule is C[C@@]1([C@H](O)c2ccc(Cl)cc2)CCCCC1=O. The van der Waals surface area contributed by atoms with Crippen LogP contribution < -0.4 is 0 Å². The Hall–Kier alpha value is -0.860. The molecule has 2 atom stereocenters. The lowest BCUT2D eigenvalue weighted by molar-refractivity contribution is -0.138. The molecule has 0 heterocycles. The lowest BCUT2D eigenvalue weighted by Crippen LogP contribution is -2.37. The van der Waals surface area contributed by atoms with Gasteiger partial charge in [-0.2, -0.15) is 0 Å². The first-order valence-corrected chi connectivity index (χ1v) is 6.39. The van der Waals surface area contributed by atoms with E-state index >= 15 is 0 Å². The zero-order valence-electron chi connectivity index (χ0n) is 9.95. The van der Waals surface area contributed by atoms with Gasteiger partial charge in [0, 0.05) is 11.4 Å². The van der Waals surface area contributed by atoms with Crippen LogP contribution in [0.25, 0.3) is 0 Å². The van der Waals surface area contributed by atoms with Crippen molar-refractivity contribution < 1.29 is 9.90 Å². The van der Waals surface area contributed by atoms with Gasteiger partial charge in [-0.3, -0.25) is 4.79 Å². The number of carbonyl (C=O) groups excluding carboxylic acids is 1. The Morgan fingerprint density at radius 1 is 1.29 bits per heavy atom. The van der Waals surface area contributed by atoms with Crippen LogP contribution in [0.4, 0.5) is 0 Å². The van der Waals surface area contributed by atoms with E-state index in [1.807, 2.05) is 6.92 Å². The summed E-state index contributed by atoms with van der Waals surface area (Å²) < 4.78 is 0. The molecule has 0 unspecified atom stereocenters. The molecule has 1 aliphatic carbocycles. The third kappa shape index (κ3) is 2.38. The van der Waals surface area contributed by atoms with Crippen molar-refractivity contribution in [3.63, 3.8) is 0 Å². The minimum Gasteiger partial charge on any atom is -0.387 e. The molecule has 0 saturated heterocycles. The maximum absolute atomic E-state index is 12.0. The van der Waals surface area contributed by atoms with Crippen molar-refractivity contribution in [3.8, 4) is 0 Å². The van der Waals surface area contributed by atoms with E-state index in [-0.39, 0.29) is 5.78 Å². The van der Waals surface area contributed by atoms with Crippen molar-refractivity contribution in [2.45, 2.75) is 38.7 Å². The van der Waals surface area contributed by atoms with Crippen LogP contribution in [0.1, 0.15) is 44.3 Å². The van der Waals surface area contributed by atoms with Gasteiger partial charge in [0.05, 0.1) is 11.5 Å². The third-order valence-electron chi connectivity index (χ3n) is 3.78. The standard InChI is InChI=1S/C14H17ClO2/c1-14(9-3-2-4-12(14)16)13(17)10-5-7-11(15)8-6-10/h5-8,13,17H,2-4,9H2,1H3/t13-,14-/m1/s1. The molecule has 1 N–H and O–H groups in total. The Morgan fingerprint density at radius 3 is 2.53 bits per heavy atom. The van der Waals surface area contributed by atoms with Gasteiger partial charge >= 0.3 is 0 Å². The number of aliphatic hydroxyl groups is 1. The number of aliphatic hydroxyl groups excluding tert-OH is 1. The number of hydrogen-bond donors (Lipinski definition) is 1. The molecule has 0 radical (unpaired) electrons. The third-order valence-corrected chi connectivity index (χ3v) is 4.03. The Bertz CT molecular complexity index is 413. The zero-order valence-corrected chi connectivity index (χ0v) is 10.7. The number of carbonyl (C=O) groups is 1. The first-order chi connectivity index (χ1) is 8.04. The Labute approximate surface area is 107 Å². The average Bonchev–Trinajstić information content (AvgIpc) is 2.33. The smallest absolute Gasteiger partial charge is 0.141 e. The van der Waals surface area contributed by atoms with E-state index in [1.165, 1.54) is 0 Å². The van der Waals surface area contributed by atoms with E-state index in [0.29, 0.717) is 11.4 Å². The Morgan fingerprint density at radius 2 is 1.94 bits per heavy atom. The lowest BCUT2D eigenvalue weighted by Gasteiger charge is -2.36. The molecule has 1 fully saturated rings. The van der Waals surface area contributed by atoms with Crippen LogP contribution in [0.15, 0.2) is 24.3 Å². The summed E-state index contributed by atoms with van der Waals surface area (Å²) in [7, 11) is 0. The van der Waals surface area contributed by atoms with E-state index in [4.69, 9.17) is 11.6 Å². The fourth-order valence-corrected chi connectivity index (χ4v) is 2.63. The number of halogens is 1. The maximum Gasteiger partial charge on any atom is 0.141 e. The van der Waals surface area contributed by atoms with Gasteiger partial charge in [-0.15, -0.1) is 0 Å². The van der Waals surface area contributed by atoms with Crippen molar-refractivity contribution in [1.29, 1.82) is 0 Å². The fraction of sp³-hybridized carbons (Fsp3) is 0.500. The fourth-order valence-electron chi connectivity index (χ4n) is 2.50. The minimum absolute atomic E-state index is 0.172. The normalized spacial score (nSPS) is 26.9. The van der Waals surface area contributed by atoms with Gasteiger partial charge in [0.1, 0.15) is 5.78 Å². The molecule has 1 saturated carbocycles. The summed E-state index contributed by atoms with van der Waals surface area (Å²) in [6, 6.07) is 7.08. The monoisotopic (exact) mass is 252 g/mol. The molecule has 2 nitrogen and oxygen atoms in total. The Balaban J connectivity index is 2.26. The summed E-state index contributed by atoms with van der Waals surface area (Å²) in [5, 5.41) is 11.0. The lowest BCUT2D eigenvalue weighted by atomic mass is 9.69. The molecule has 92 valence electrons. The summed E-state index contributed by atoms with van der Waals surface area (Å²) in [4.78, 5) is 12.0. The molecule has 1 aromatic rings. The minimum atomic E-state index is -0.729. The molecular weight excluding hydrogens is 236 g/mol. The molecule has 0 aromatic heterocycles. The summed E-state index contributed by atoms with van der Waals surface area (Å²) >= 11 is 5.82. The highest BCUT2D eigenvalue weighted by Gasteiger charge is 2.42. The quantitative estimate of drug-likeness (QED) is 0.874. The van der Waals surface area contributed by atoms with Crippen LogP contribution in [-0.2, 0) is 4.79 Å². The largest absolute Gasteiger partial charge is 0.387 e. The maximum atomic E-state index is 12.0. The van der Waals surface area contributed by atoms with Crippen LogP contribution >= 0.6 is 11.6 Å². The van der Waals surface area contributed by atoms with Crippen molar-refractivity contribution in [1.82, 2.24) is 0 Å². The van der Waals surface area contributed by atoms with E-state index < -0.39 is 11.5 Å². The highest BCUT2D eigenvalue weighted by molar-refractivity contribution is 6.30. The van der Waals surface area contributed by atoms with E-state index in [1.54, 1.807) is 24.3 Å². The molecule has 0 spiro atoms. The molecule has 1 aromatic carbocycles. The summed E-state index contributed by atoms with van der Waals surface area (Å²) in [6.45, 7) is 1.87.